The van der Waals surface area contributed by atoms with Crippen LogP contribution in [-0.2, 0) is 4.74 Å². The van der Waals surface area contributed by atoms with Crippen molar-refractivity contribution in [2.24, 2.45) is 0 Å². The lowest BCUT2D eigenvalue weighted by atomic mass is 10.1. The van der Waals surface area contributed by atoms with Gasteiger partial charge in [0.05, 0.1) is 0 Å². The Morgan fingerprint density at radius 3 is 3.07 bits per heavy atom. The second-order valence-electron chi connectivity index (χ2n) is 3.86. The van der Waals surface area contributed by atoms with Gasteiger partial charge in [0.15, 0.2) is 0 Å². The number of terminal acetylenes is 1. The van der Waals surface area contributed by atoms with Crippen LogP contribution in [0.3, 0.4) is 0 Å². The first-order valence-corrected chi connectivity index (χ1v) is 5.68. The summed E-state index contributed by atoms with van der Waals surface area (Å²) in [5.74, 6) is 2.67. The van der Waals surface area contributed by atoms with E-state index >= 15 is 0 Å². The highest BCUT2D eigenvalue weighted by Crippen LogP contribution is 2.08. The predicted octanol–water partition coefficient (Wildman–Crippen LogP) is 1.95. The molecule has 1 atom stereocenters. The van der Waals surface area contributed by atoms with Gasteiger partial charge in [-0.1, -0.05) is 0 Å². The Kier molecular flexibility index (Phi) is 6.47. The van der Waals surface area contributed by atoms with Gasteiger partial charge in [-0.15, -0.1) is 12.3 Å². The Morgan fingerprint density at radius 2 is 2.21 bits per heavy atom. The maximum atomic E-state index is 5.40. The lowest BCUT2D eigenvalue weighted by Gasteiger charge is -2.14. The summed E-state index contributed by atoms with van der Waals surface area (Å²) in [6.45, 7) is 2.96. The minimum atomic E-state index is 0.670. The van der Waals surface area contributed by atoms with Crippen LogP contribution in [0.5, 0.6) is 0 Å². The maximum Gasteiger partial charge on any atom is 0.0480 e. The highest BCUT2D eigenvalue weighted by molar-refractivity contribution is 4.83. The first-order chi connectivity index (χ1) is 6.93. The van der Waals surface area contributed by atoms with Crippen LogP contribution in [0, 0.1) is 12.3 Å². The molecule has 14 heavy (non-hydrogen) atoms. The SMILES string of the molecule is C#CCCCCNC1CCCOCC1. The van der Waals surface area contributed by atoms with Gasteiger partial charge in [-0.3, -0.25) is 0 Å². The zero-order valence-corrected chi connectivity index (χ0v) is 8.93. The van der Waals surface area contributed by atoms with Crippen LogP contribution in [0.15, 0.2) is 0 Å². The molecular formula is C12H21NO. The van der Waals surface area contributed by atoms with Crippen molar-refractivity contribution in [1.29, 1.82) is 0 Å². The van der Waals surface area contributed by atoms with Crippen LogP contribution < -0.4 is 5.32 Å². The van der Waals surface area contributed by atoms with Crippen molar-refractivity contribution in [3.05, 3.63) is 0 Å². The molecule has 1 heterocycles. The largest absolute Gasteiger partial charge is 0.381 e. The molecule has 0 saturated carbocycles. The van der Waals surface area contributed by atoms with E-state index in [1.165, 1.54) is 19.3 Å². The summed E-state index contributed by atoms with van der Waals surface area (Å²) < 4.78 is 5.40. The summed E-state index contributed by atoms with van der Waals surface area (Å²) in [7, 11) is 0. The zero-order chi connectivity index (χ0) is 10.1. The van der Waals surface area contributed by atoms with Gasteiger partial charge in [0.2, 0.25) is 0 Å². The molecule has 0 aromatic carbocycles. The molecule has 2 nitrogen and oxygen atoms in total. The third-order valence-electron chi connectivity index (χ3n) is 2.63. The standard InChI is InChI=1S/C12H21NO/c1-2-3-4-5-9-13-12-7-6-10-14-11-8-12/h1,12-13H,3-11H2. The molecule has 0 aliphatic carbocycles. The van der Waals surface area contributed by atoms with Gasteiger partial charge in [-0.25, -0.2) is 0 Å². The first kappa shape index (κ1) is 11.6. The Bertz CT molecular complexity index is 166. The molecule has 1 fully saturated rings. The Morgan fingerprint density at radius 1 is 1.29 bits per heavy atom. The number of unbranched alkanes of at least 4 members (excludes halogenated alkanes) is 2. The highest BCUT2D eigenvalue weighted by Gasteiger charge is 2.10. The maximum absolute atomic E-state index is 5.40. The summed E-state index contributed by atoms with van der Waals surface area (Å²) in [6, 6.07) is 0.670. The minimum Gasteiger partial charge on any atom is -0.381 e. The Balaban J connectivity index is 1.96. The molecule has 2 heteroatoms. The van der Waals surface area contributed by atoms with Crippen LogP contribution in [-0.4, -0.2) is 25.8 Å². The third kappa shape index (κ3) is 5.26. The molecular weight excluding hydrogens is 174 g/mol. The lowest BCUT2D eigenvalue weighted by Crippen LogP contribution is -2.30. The Hall–Kier alpha value is -0.520. The molecule has 1 aliphatic heterocycles. The monoisotopic (exact) mass is 195 g/mol. The van der Waals surface area contributed by atoms with E-state index in [0.717, 1.165) is 39.0 Å². The molecule has 0 amide bonds. The van der Waals surface area contributed by atoms with Gasteiger partial charge in [0.25, 0.3) is 0 Å². The normalized spacial score (nSPS) is 22.6. The van der Waals surface area contributed by atoms with E-state index in [2.05, 4.69) is 11.2 Å². The fourth-order valence-electron chi connectivity index (χ4n) is 1.77. The number of nitrogens with one attached hydrogen (secondary N) is 1. The molecule has 1 unspecified atom stereocenters. The topological polar surface area (TPSA) is 21.3 Å². The van der Waals surface area contributed by atoms with Gasteiger partial charge in [0, 0.05) is 25.7 Å². The molecule has 1 rings (SSSR count). The van der Waals surface area contributed by atoms with Crippen LogP contribution in [0.2, 0.25) is 0 Å². The molecule has 0 spiro atoms. The molecule has 1 N–H and O–H groups in total. The van der Waals surface area contributed by atoms with Gasteiger partial charge >= 0.3 is 0 Å². The second kappa shape index (κ2) is 7.84. The summed E-state index contributed by atoms with van der Waals surface area (Å²) in [4.78, 5) is 0. The van der Waals surface area contributed by atoms with Crippen LogP contribution in [0.25, 0.3) is 0 Å². The quantitative estimate of drug-likeness (QED) is 0.535. The van der Waals surface area contributed by atoms with E-state index in [0.29, 0.717) is 6.04 Å². The highest BCUT2D eigenvalue weighted by atomic mass is 16.5. The average molecular weight is 195 g/mol. The smallest absolute Gasteiger partial charge is 0.0480 e. The van der Waals surface area contributed by atoms with Crippen molar-refractivity contribution in [3.63, 3.8) is 0 Å². The minimum absolute atomic E-state index is 0.670. The van der Waals surface area contributed by atoms with E-state index in [1.807, 2.05) is 0 Å². The van der Waals surface area contributed by atoms with Crippen molar-refractivity contribution in [2.45, 2.75) is 44.6 Å². The molecule has 0 bridgehead atoms. The van der Waals surface area contributed by atoms with Crippen molar-refractivity contribution in [3.8, 4) is 12.3 Å². The average Bonchev–Trinajstić information content (AvgIpc) is 2.46. The second-order valence-corrected chi connectivity index (χ2v) is 3.86. The number of ether oxygens (including phenoxy) is 1. The lowest BCUT2D eigenvalue weighted by molar-refractivity contribution is 0.142. The molecule has 1 aliphatic rings. The van der Waals surface area contributed by atoms with Gasteiger partial charge in [-0.2, -0.15) is 0 Å². The Labute approximate surface area is 87.4 Å². The fourth-order valence-corrected chi connectivity index (χ4v) is 1.77. The van der Waals surface area contributed by atoms with Crippen LogP contribution in [0.4, 0.5) is 0 Å². The molecule has 80 valence electrons. The number of rotatable bonds is 5. The van der Waals surface area contributed by atoms with Crippen molar-refractivity contribution >= 4 is 0 Å². The molecule has 1 saturated heterocycles. The predicted molar refractivity (Wildman–Crippen MR) is 59.1 cm³/mol. The van der Waals surface area contributed by atoms with Gasteiger partial charge < -0.3 is 10.1 Å². The first-order valence-electron chi connectivity index (χ1n) is 5.68. The van der Waals surface area contributed by atoms with Gasteiger partial charge in [-0.05, 0) is 38.6 Å². The van der Waals surface area contributed by atoms with Crippen LogP contribution in [0.1, 0.15) is 38.5 Å². The number of hydrogen-bond acceptors (Lipinski definition) is 2. The third-order valence-corrected chi connectivity index (χ3v) is 2.63. The molecule has 0 aromatic rings. The molecule has 0 radical (unpaired) electrons. The number of hydrogen-bond donors (Lipinski definition) is 1. The van der Waals surface area contributed by atoms with E-state index in [-0.39, 0.29) is 0 Å². The summed E-state index contributed by atoms with van der Waals surface area (Å²) >= 11 is 0. The van der Waals surface area contributed by atoms with E-state index in [9.17, 15) is 0 Å². The molecule has 0 aromatic heterocycles. The fraction of sp³-hybridized carbons (Fsp3) is 0.833. The van der Waals surface area contributed by atoms with Crippen molar-refractivity contribution < 1.29 is 4.74 Å². The van der Waals surface area contributed by atoms with E-state index in [4.69, 9.17) is 11.2 Å². The van der Waals surface area contributed by atoms with Crippen molar-refractivity contribution in [1.82, 2.24) is 5.32 Å². The van der Waals surface area contributed by atoms with E-state index in [1.54, 1.807) is 0 Å². The zero-order valence-electron chi connectivity index (χ0n) is 8.93. The summed E-state index contributed by atoms with van der Waals surface area (Å²) in [5.41, 5.74) is 0. The van der Waals surface area contributed by atoms with E-state index < -0.39 is 0 Å². The summed E-state index contributed by atoms with van der Waals surface area (Å²) in [5, 5.41) is 3.57. The van der Waals surface area contributed by atoms with Crippen LogP contribution >= 0.6 is 0 Å². The van der Waals surface area contributed by atoms with Gasteiger partial charge in [0.1, 0.15) is 0 Å². The summed E-state index contributed by atoms with van der Waals surface area (Å²) in [6.07, 6.45) is 12.1. The van der Waals surface area contributed by atoms with Crippen molar-refractivity contribution in [2.75, 3.05) is 19.8 Å².